The molecule has 0 saturated carbocycles. The molecule has 0 aliphatic heterocycles. The van der Waals surface area contributed by atoms with Crippen LogP contribution < -0.4 is 5.73 Å². The van der Waals surface area contributed by atoms with E-state index in [0.717, 1.165) is 18.4 Å². The van der Waals surface area contributed by atoms with E-state index in [1.807, 2.05) is 6.07 Å². The van der Waals surface area contributed by atoms with Crippen molar-refractivity contribution in [2.75, 3.05) is 5.73 Å². The highest BCUT2D eigenvalue weighted by molar-refractivity contribution is 7.98. The second-order valence-corrected chi connectivity index (χ2v) is 5.79. The summed E-state index contributed by atoms with van der Waals surface area (Å²) in [5.41, 5.74) is 7.76. The predicted molar refractivity (Wildman–Crippen MR) is 85.7 cm³/mol. The summed E-state index contributed by atoms with van der Waals surface area (Å²) in [5.74, 6) is 0.503. The molecule has 2 aromatic rings. The summed E-state index contributed by atoms with van der Waals surface area (Å²) in [4.78, 5) is 8.60. The Morgan fingerprint density at radius 2 is 2.18 bits per heavy atom. The van der Waals surface area contributed by atoms with Gasteiger partial charge in [-0.3, -0.25) is 0 Å². The molecule has 6 heteroatoms. The fourth-order valence-corrected chi connectivity index (χ4v) is 2.80. The van der Waals surface area contributed by atoms with Gasteiger partial charge in [-0.25, -0.2) is 14.4 Å². The molecule has 0 saturated heterocycles. The van der Waals surface area contributed by atoms with Gasteiger partial charge in [0.05, 0.1) is 5.69 Å². The molecule has 1 aromatic heterocycles. The molecule has 114 valence electrons. The lowest BCUT2D eigenvalue weighted by Crippen LogP contribution is -2.05. The summed E-state index contributed by atoms with van der Waals surface area (Å²) in [5, 5.41) is 9.69. The number of aryl methyl sites for hydroxylation is 1. The number of nitrogen functional groups attached to an aromatic ring is 1. The van der Waals surface area contributed by atoms with Gasteiger partial charge < -0.3 is 5.73 Å². The standard InChI is InChI=1S/C16H17FN4S/c1-2-3-7-14-13(9-18)15(19)21-16(20-14)22-10-11-5-4-6-12(17)8-11/h4-6,8H,2-3,7,10H2,1H3,(H2,19,20,21). The molecule has 1 heterocycles. The van der Waals surface area contributed by atoms with E-state index in [4.69, 9.17) is 11.0 Å². The number of anilines is 1. The Labute approximate surface area is 133 Å². The average Bonchev–Trinajstić information content (AvgIpc) is 2.50. The van der Waals surface area contributed by atoms with Crippen molar-refractivity contribution in [2.45, 2.75) is 37.1 Å². The van der Waals surface area contributed by atoms with Gasteiger partial charge in [0, 0.05) is 5.75 Å². The maximum absolute atomic E-state index is 13.2. The number of nitrogens with two attached hydrogens (primary N) is 1. The van der Waals surface area contributed by atoms with Crippen LogP contribution in [0.3, 0.4) is 0 Å². The van der Waals surface area contributed by atoms with E-state index in [1.54, 1.807) is 6.07 Å². The minimum Gasteiger partial charge on any atom is -0.382 e. The van der Waals surface area contributed by atoms with Crippen LogP contribution in [0, 0.1) is 17.1 Å². The van der Waals surface area contributed by atoms with Crippen molar-refractivity contribution >= 4 is 17.6 Å². The lowest BCUT2D eigenvalue weighted by atomic mass is 10.1. The first-order valence-corrected chi connectivity index (χ1v) is 8.06. The number of thioether (sulfide) groups is 1. The summed E-state index contributed by atoms with van der Waals surface area (Å²) in [6, 6.07) is 8.49. The van der Waals surface area contributed by atoms with Crippen molar-refractivity contribution < 1.29 is 4.39 Å². The Hall–Kier alpha value is -2.13. The van der Waals surface area contributed by atoms with Crippen molar-refractivity contribution in [1.82, 2.24) is 9.97 Å². The molecular formula is C16H17FN4S. The van der Waals surface area contributed by atoms with Crippen molar-refractivity contribution in [1.29, 1.82) is 5.26 Å². The Bertz CT molecular complexity index is 697. The molecule has 0 fully saturated rings. The fraction of sp³-hybridized carbons (Fsp3) is 0.312. The monoisotopic (exact) mass is 316 g/mol. The zero-order valence-corrected chi connectivity index (χ0v) is 13.2. The molecule has 0 aliphatic carbocycles. The highest BCUT2D eigenvalue weighted by Crippen LogP contribution is 2.24. The molecule has 0 amide bonds. The summed E-state index contributed by atoms with van der Waals surface area (Å²) in [6.45, 7) is 2.08. The molecule has 4 nitrogen and oxygen atoms in total. The second-order valence-electron chi connectivity index (χ2n) is 4.85. The summed E-state index contributed by atoms with van der Waals surface area (Å²) < 4.78 is 13.2. The number of nitrogens with zero attached hydrogens (tertiary/aromatic N) is 3. The Kier molecular flexibility index (Phi) is 5.73. The van der Waals surface area contributed by atoms with Crippen LogP contribution in [0.4, 0.5) is 10.2 Å². The van der Waals surface area contributed by atoms with Gasteiger partial charge in [0.15, 0.2) is 5.16 Å². The van der Waals surface area contributed by atoms with Gasteiger partial charge >= 0.3 is 0 Å². The predicted octanol–water partition coefficient (Wildman–Crippen LogP) is 3.70. The molecule has 2 rings (SSSR count). The van der Waals surface area contributed by atoms with Crippen LogP contribution in [0.15, 0.2) is 29.4 Å². The molecule has 0 aliphatic rings. The van der Waals surface area contributed by atoms with Gasteiger partial charge in [0.1, 0.15) is 23.3 Å². The third-order valence-corrected chi connectivity index (χ3v) is 4.05. The van der Waals surface area contributed by atoms with Crippen LogP contribution in [0.2, 0.25) is 0 Å². The number of benzene rings is 1. The van der Waals surface area contributed by atoms with E-state index in [9.17, 15) is 4.39 Å². The molecule has 0 radical (unpaired) electrons. The smallest absolute Gasteiger partial charge is 0.190 e. The highest BCUT2D eigenvalue weighted by atomic mass is 32.2. The third kappa shape index (κ3) is 4.18. The van der Waals surface area contributed by atoms with E-state index >= 15 is 0 Å². The topological polar surface area (TPSA) is 75.6 Å². The summed E-state index contributed by atoms with van der Waals surface area (Å²) >= 11 is 1.38. The molecule has 22 heavy (non-hydrogen) atoms. The van der Waals surface area contributed by atoms with E-state index in [1.165, 1.54) is 23.9 Å². The first-order valence-electron chi connectivity index (χ1n) is 7.07. The Morgan fingerprint density at radius 1 is 1.36 bits per heavy atom. The van der Waals surface area contributed by atoms with Crippen LogP contribution in [0.25, 0.3) is 0 Å². The quantitative estimate of drug-likeness (QED) is 0.649. The van der Waals surface area contributed by atoms with Crippen molar-refractivity contribution in [3.8, 4) is 6.07 Å². The van der Waals surface area contributed by atoms with Gasteiger partial charge in [-0.15, -0.1) is 0 Å². The van der Waals surface area contributed by atoms with Crippen LogP contribution in [-0.4, -0.2) is 9.97 Å². The van der Waals surface area contributed by atoms with Gasteiger partial charge in [-0.1, -0.05) is 37.2 Å². The number of hydrogen-bond donors (Lipinski definition) is 1. The van der Waals surface area contributed by atoms with Gasteiger partial charge in [-0.05, 0) is 30.5 Å². The lowest BCUT2D eigenvalue weighted by Gasteiger charge is -2.08. The number of rotatable bonds is 6. The number of aromatic nitrogens is 2. The molecule has 0 spiro atoms. The molecule has 0 atom stereocenters. The van der Waals surface area contributed by atoms with E-state index in [2.05, 4.69) is 23.0 Å². The summed E-state index contributed by atoms with van der Waals surface area (Å²) in [6.07, 6.45) is 2.67. The minimum atomic E-state index is -0.262. The zero-order chi connectivity index (χ0) is 15.9. The van der Waals surface area contributed by atoms with E-state index in [-0.39, 0.29) is 11.6 Å². The maximum atomic E-state index is 13.2. The molecule has 0 bridgehead atoms. The zero-order valence-electron chi connectivity index (χ0n) is 12.3. The van der Waals surface area contributed by atoms with Crippen molar-refractivity contribution in [2.24, 2.45) is 0 Å². The molecule has 0 unspecified atom stereocenters. The van der Waals surface area contributed by atoms with Crippen LogP contribution in [0.1, 0.15) is 36.6 Å². The molecule has 1 aromatic carbocycles. The SMILES string of the molecule is CCCCc1nc(SCc2cccc(F)c2)nc(N)c1C#N. The average molecular weight is 316 g/mol. The van der Waals surface area contributed by atoms with Crippen molar-refractivity contribution in [3.63, 3.8) is 0 Å². The van der Waals surface area contributed by atoms with Gasteiger partial charge in [0.25, 0.3) is 0 Å². The fourth-order valence-electron chi connectivity index (χ4n) is 1.99. The lowest BCUT2D eigenvalue weighted by molar-refractivity contribution is 0.626. The number of nitriles is 1. The second kappa shape index (κ2) is 7.76. The number of halogens is 1. The van der Waals surface area contributed by atoms with Crippen LogP contribution in [-0.2, 0) is 12.2 Å². The normalized spacial score (nSPS) is 10.4. The van der Waals surface area contributed by atoms with Crippen LogP contribution in [0.5, 0.6) is 0 Å². The molecule has 2 N–H and O–H groups in total. The van der Waals surface area contributed by atoms with Gasteiger partial charge in [0.2, 0.25) is 0 Å². The summed E-state index contributed by atoms with van der Waals surface area (Å²) in [7, 11) is 0. The first-order chi connectivity index (χ1) is 10.6. The van der Waals surface area contributed by atoms with Gasteiger partial charge in [-0.2, -0.15) is 5.26 Å². The maximum Gasteiger partial charge on any atom is 0.190 e. The van der Waals surface area contributed by atoms with E-state index in [0.29, 0.717) is 28.6 Å². The number of hydrogen-bond acceptors (Lipinski definition) is 5. The largest absolute Gasteiger partial charge is 0.382 e. The van der Waals surface area contributed by atoms with E-state index < -0.39 is 0 Å². The first kappa shape index (κ1) is 16.2. The minimum absolute atomic E-state index is 0.213. The third-order valence-electron chi connectivity index (χ3n) is 3.13. The molecular weight excluding hydrogens is 299 g/mol. The highest BCUT2D eigenvalue weighted by Gasteiger charge is 2.12. The van der Waals surface area contributed by atoms with Crippen molar-refractivity contribution in [3.05, 3.63) is 46.9 Å². The van der Waals surface area contributed by atoms with Crippen LogP contribution >= 0.6 is 11.8 Å². The Morgan fingerprint density at radius 3 is 2.86 bits per heavy atom. The Balaban J connectivity index is 2.17. The number of unbranched alkanes of at least 4 members (excludes halogenated alkanes) is 1.